The van der Waals surface area contributed by atoms with Crippen molar-refractivity contribution in [3.63, 3.8) is 0 Å². The van der Waals surface area contributed by atoms with E-state index >= 15 is 0 Å². The standard InChI is InChI=1S/C22H35N3O3S/c1-4-29(27,28)25-14-6-8-20(16-25)22(26)23-18(3)19-9-11-21(12-10-19)24-13-5-7-17(2)15-24/h9-12,17-18,20H,4-8,13-16H2,1-3H3,(H,23,26)/t17-,18+,20-/m0/s1. The lowest BCUT2D eigenvalue weighted by atomic mass is 9.97. The number of nitrogens with zero attached hydrogens (tertiary/aromatic N) is 2. The van der Waals surface area contributed by atoms with Gasteiger partial charge in [-0.3, -0.25) is 4.79 Å². The van der Waals surface area contributed by atoms with Gasteiger partial charge in [0.15, 0.2) is 0 Å². The molecule has 0 saturated carbocycles. The average Bonchev–Trinajstić information content (AvgIpc) is 2.74. The SMILES string of the molecule is CCS(=O)(=O)N1CCC[C@H](C(=O)N[C@H](C)c2ccc(N3CCC[C@H](C)C3)cc2)C1. The van der Waals surface area contributed by atoms with E-state index in [1.807, 2.05) is 6.92 Å². The number of hydrogen-bond acceptors (Lipinski definition) is 4. The molecule has 2 saturated heterocycles. The number of benzene rings is 1. The van der Waals surface area contributed by atoms with Crippen LogP contribution in [0.5, 0.6) is 0 Å². The molecule has 0 bridgehead atoms. The first-order valence-electron chi connectivity index (χ1n) is 10.9. The summed E-state index contributed by atoms with van der Waals surface area (Å²) in [6, 6.07) is 8.37. The lowest BCUT2D eigenvalue weighted by Gasteiger charge is -2.33. The summed E-state index contributed by atoms with van der Waals surface area (Å²) in [7, 11) is -3.24. The first kappa shape index (κ1) is 22.1. The van der Waals surface area contributed by atoms with Gasteiger partial charge in [-0.1, -0.05) is 19.1 Å². The van der Waals surface area contributed by atoms with Crippen molar-refractivity contribution >= 4 is 21.6 Å². The fraction of sp³-hybridized carbons (Fsp3) is 0.682. The largest absolute Gasteiger partial charge is 0.371 e. The Balaban J connectivity index is 1.58. The van der Waals surface area contributed by atoms with Crippen LogP contribution >= 0.6 is 0 Å². The smallest absolute Gasteiger partial charge is 0.224 e. The van der Waals surface area contributed by atoms with Crippen molar-refractivity contribution in [3.8, 4) is 0 Å². The zero-order valence-corrected chi connectivity index (χ0v) is 18.7. The zero-order chi connectivity index (χ0) is 21.0. The normalized spacial score (nSPS) is 24.9. The highest BCUT2D eigenvalue weighted by Gasteiger charge is 2.31. The van der Waals surface area contributed by atoms with E-state index < -0.39 is 10.0 Å². The van der Waals surface area contributed by atoms with Crippen molar-refractivity contribution in [1.82, 2.24) is 9.62 Å². The summed E-state index contributed by atoms with van der Waals surface area (Å²) in [5.41, 5.74) is 2.31. The molecule has 0 radical (unpaired) electrons. The number of anilines is 1. The molecule has 2 fully saturated rings. The van der Waals surface area contributed by atoms with Gasteiger partial charge in [-0.15, -0.1) is 0 Å². The van der Waals surface area contributed by atoms with Gasteiger partial charge in [-0.25, -0.2) is 12.7 Å². The highest BCUT2D eigenvalue weighted by molar-refractivity contribution is 7.89. The molecule has 3 atom stereocenters. The fourth-order valence-corrected chi connectivity index (χ4v) is 5.58. The summed E-state index contributed by atoms with van der Waals surface area (Å²) in [5, 5.41) is 3.09. The molecule has 7 heteroatoms. The Morgan fingerprint density at radius 3 is 2.48 bits per heavy atom. The van der Waals surface area contributed by atoms with E-state index in [-0.39, 0.29) is 23.6 Å². The maximum Gasteiger partial charge on any atom is 0.224 e. The quantitative estimate of drug-likeness (QED) is 0.766. The van der Waals surface area contributed by atoms with Gasteiger partial charge in [0.2, 0.25) is 15.9 Å². The third-order valence-corrected chi connectivity index (χ3v) is 8.14. The summed E-state index contributed by atoms with van der Waals surface area (Å²) < 4.78 is 25.8. The van der Waals surface area contributed by atoms with Crippen LogP contribution in [0.3, 0.4) is 0 Å². The highest BCUT2D eigenvalue weighted by Crippen LogP contribution is 2.25. The van der Waals surface area contributed by atoms with E-state index in [1.54, 1.807) is 6.92 Å². The molecule has 1 amide bonds. The fourth-order valence-electron chi connectivity index (χ4n) is 4.40. The van der Waals surface area contributed by atoms with Gasteiger partial charge in [0.25, 0.3) is 0 Å². The Morgan fingerprint density at radius 1 is 1.14 bits per heavy atom. The Kier molecular flexibility index (Phi) is 7.22. The summed E-state index contributed by atoms with van der Waals surface area (Å²) in [6.07, 6.45) is 4.01. The number of rotatable bonds is 6. The van der Waals surface area contributed by atoms with Gasteiger partial charge in [0.1, 0.15) is 0 Å². The number of piperidine rings is 2. The molecule has 0 unspecified atom stereocenters. The molecule has 162 valence electrons. The van der Waals surface area contributed by atoms with Gasteiger partial charge in [0, 0.05) is 31.9 Å². The van der Waals surface area contributed by atoms with Crippen LogP contribution in [0.2, 0.25) is 0 Å². The second-order valence-electron chi connectivity index (χ2n) is 8.61. The highest BCUT2D eigenvalue weighted by atomic mass is 32.2. The van der Waals surface area contributed by atoms with Crippen LogP contribution in [0.4, 0.5) is 5.69 Å². The Bertz CT molecular complexity index is 794. The predicted molar refractivity (Wildman–Crippen MR) is 117 cm³/mol. The number of carbonyl (C=O) groups excluding carboxylic acids is 1. The molecular weight excluding hydrogens is 386 g/mol. The second-order valence-corrected chi connectivity index (χ2v) is 10.9. The van der Waals surface area contributed by atoms with Crippen molar-refractivity contribution < 1.29 is 13.2 Å². The first-order chi connectivity index (χ1) is 13.8. The molecule has 1 N–H and O–H groups in total. The van der Waals surface area contributed by atoms with Gasteiger partial charge in [0.05, 0.1) is 17.7 Å². The predicted octanol–water partition coefficient (Wildman–Crippen LogP) is 3.16. The van der Waals surface area contributed by atoms with Gasteiger partial charge in [-0.05, 0) is 63.1 Å². The van der Waals surface area contributed by atoms with Crippen molar-refractivity contribution in [1.29, 1.82) is 0 Å². The minimum Gasteiger partial charge on any atom is -0.371 e. The van der Waals surface area contributed by atoms with Crippen LogP contribution in [0.15, 0.2) is 24.3 Å². The number of sulfonamides is 1. The molecular formula is C22H35N3O3S. The van der Waals surface area contributed by atoms with Crippen LogP contribution in [-0.4, -0.2) is 50.6 Å². The maximum absolute atomic E-state index is 12.8. The molecule has 2 heterocycles. The second kappa shape index (κ2) is 9.47. The molecule has 6 nitrogen and oxygen atoms in total. The van der Waals surface area contributed by atoms with E-state index in [4.69, 9.17) is 0 Å². The summed E-state index contributed by atoms with van der Waals surface area (Å²) in [4.78, 5) is 15.2. The summed E-state index contributed by atoms with van der Waals surface area (Å²) in [5.74, 6) is 0.483. The van der Waals surface area contributed by atoms with Crippen LogP contribution in [0.25, 0.3) is 0 Å². The summed E-state index contributed by atoms with van der Waals surface area (Å²) >= 11 is 0. The molecule has 0 aliphatic carbocycles. The minimum absolute atomic E-state index is 0.0533. The topological polar surface area (TPSA) is 69.7 Å². The molecule has 29 heavy (non-hydrogen) atoms. The number of hydrogen-bond donors (Lipinski definition) is 1. The summed E-state index contributed by atoms with van der Waals surface area (Å²) in [6.45, 7) is 8.96. The van der Waals surface area contributed by atoms with E-state index in [1.165, 1.54) is 22.8 Å². The Morgan fingerprint density at radius 2 is 1.83 bits per heavy atom. The van der Waals surface area contributed by atoms with Crippen molar-refractivity contribution in [2.75, 3.05) is 36.8 Å². The monoisotopic (exact) mass is 421 g/mol. The van der Waals surface area contributed by atoms with Crippen LogP contribution in [0.1, 0.15) is 58.1 Å². The van der Waals surface area contributed by atoms with Crippen molar-refractivity contribution in [2.45, 2.75) is 52.5 Å². The van der Waals surface area contributed by atoms with E-state index in [0.717, 1.165) is 37.4 Å². The van der Waals surface area contributed by atoms with Crippen molar-refractivity contribution in [2.24, 2.45) is 11.8 Å². The van der Waals surface area contributed by atoms with Gasteiger partial charge in [-0.2, -0.15) is 0 Å². The number of nitrogens with one attached hydrogen (secondary N) is 1. The zero-order valence-electron chi connectivity index (χ0n) is 17.9. The average molecular weight is 422 g/mol. The van der Waals surface area contributed by atoms with Gasteiger partial charge < -0.3 is 10.2 Å². The third kappa shape index (κ3) is 5.51. The third-order valence-electron chi connectivity index (χ3n) is 6.29. The Hall–Kier alpha value is -1.60. The molecule has 1 aromatic rings. The Labute approximate surface area is 175 Å². The molecule has 0 spiro atoms. The van der Waals surface area contributed by atoms with E-state index in [0.29, 0.717) is 13.1 Å². The molecule has 3 rings (SSSR count). The minimum atomic E-state index is -3.24. The lowest BCUT2D eigenvalue weighted by Crippen LogP contribution is -2.46. The van der Waals surface area contributed by atoms with Crippen LogP contribution in [-0.2, 0) is 14.8 Å². The van der Waals surface area contributed by atoms with Crippen LogP contribution < -0.4 is 10.2 Å². The maximum atomic E-state index is 12.8. The first-order valence-corrected chi connectivity index (χ1v) is 12.5. The molecule has 2 aliphatic heterocycles. The van der Waals surface area contributed by atoms with E-state index in [9.17, 15) is 13.2 Å². The lowest BCUT2D eigenvalue weighted by molar-refractivity contribution is -0.126. The number of carbonyl (C=O) groups is 1. The van der Waals surface area contributed by atoms with Crippen LogP contribution in [0, 0.1) is 11.8 Å². The molecule has 1 aromatic carbocycles. The number of amides is 1. The van der Waals surface area contributed by atoms with E-state index in [2.05, 4.69) is 41.4 Å². The molecule has 2 aliphatic rings. The molecule has 0 aromatic heterocycles. The van der Waals surface area contributed by atoms with Crippen molar-refractivity contribution in [3.05, 3.63) is 29.8 Å². The van der Waals surface area contributed by atoms with Gasteiger partial charge >= 0.3 is 0 Å².